The number of ketones is 1. The molecular weight excluding hydrogens is 460 g/mol. The summed E-state index contributed by atoms with van der Waals surface area (Å²) < 4.78 is 10.5. The fourth-order valence-electron chi connectivity index (χ4n) is 4.89. The highest BCUT2D eigenvalue weighted by Gasteiger charge is 2.46. The monoisotopic (exact) mass is 492 g/mol. The number of fused-ring (bicyclic) bond motifs is 1. The Balaban J connectivity index is 1.78. The molecule has 0 saturated carbocycles. The van der Waals surface area contributed by atoms with Gasteiger partial charge in [0, 0.05) is 25.1 Å². The van der Waals surface area contributed by atoms with Crippen LogP contribution in [0.15, 0.2) is 48.0 Å². The van der Waals surface area contributed by atoms with E-state index in [0.717, 1.165) is 24.4 Å². The number of carbonyl (C=O) groups excluding carboxylic acids is 3. The molecule has 0 spiro atoms. The lowest BCUT2D eigenvalue weighted by molar-refractivity contribution is -0.140. The third-order valence-corrected chi connectivity index (χ3v) is 6.91. The summed E-state index contributed by atoms with van der Waals surface area (Å²) in [5.41, 5.74) is 2.43. The summed E-state index contributed by atoms with van der Waals surface area (Å²) in [6.07, 6.45) is 0.740. The van der Waals surface area contributed by atoms with Crippen molar-refractivity contribution < 1.29 is 29.0 Å². The van der Waals surface area contributed by atoms with Crippen molar-refractivity contribution in [2.75, 3.05) is 33.3 Å². The third kappa shape index (κ3) is 4.73. The Labute approximate surface area is 211 Å². The molecule has 1 amide bonds. The SMILES string of the molecule is CCN(CC)CCN1C(=O)C(=O)C(=C(O)c2ccc3c(c2)C[C@H](C)O3)[C@@H]1c1ccc(C(=O)OC)cc1. The molecule has 2 aliphatic rings. The van der Waals surface area contributed by atoms with E-state index in [4.69, 9.17) is 9.47 Å². The lowest BCUT2D eigenvalue weighted by Gasteiger charge is -2.28. The second-order valence-electron chi connectivity index (χ2n) is 9.09. The molecule has 0 radical (unpaired) electrons. The van der Waals surface area contributed by atoms with Crippen molar-refractivity contribution in [1.29, 1.82) is 0 Å². The van der Waals surface area contributed by atoms with Crippen molar-refractivity contribution in [1.82, 2.24) is 9.80 Å². The quantitative estimate of drug-likeness (QED) is 0.261. The van der Waals surface area contributed by atoms with E-state index in [1.165, 1.54) is 12.0 Å². The molecule has 8 heteroatoms. The van der Waals surface area contributed by atoms with Crippen molar-refractivity contribution in [3.8, 4) is 5.75 Å². The normalized spacial score (nSPS) is 20.5. The van der Waals surface area contributed by atoms with Crippen LogP contribution in [0.3, 0.4) is 0 Å². The van der Waals surface area contributed by atoms with E-state index < -0.39 is 23.7 Å². The maximum atomic E-state index is 13.3. The second kappa shape index (κ2) is 10.5. The number of methoxy groups -OCH3 is 1. The van der Waals surface area contributed by atoms with E-state index in [-0.39, 0.29) is 17.4 Å². The molecule has 0 bridgehead atoms. The fourth-order valence-corrected chi connectivity index (χ4v) is 4.89. The molecule has 2 aliphatic heterocycles. The van der Waals surface area contributed by atoms with Crippen LogP contribution in [0.2, 0.25) is 0 Å². The third-order valence-electron chi connectivity index (χ3n) is 6.91. The lowest BCUT2D eigenvalue weighted by atomic mass is 9.94. The molecule has 2 aromatic rings. The highest BCUT2D eigenvalue weighted by molar-refractivity contribution is 6.46. The number of likely N-dealkylation sites (tertiary alicyclic amines) is 1. The zero-order valence-corrected chi connectivity index (χ0v) is 21.1. The summed E-state index contributed by atoms with van der Waals surface area (Å²) in [5, 5.41) is 11.4. The first kappa shape index (κ1) is 25.4. The molecule has 1 N–H and O–H groups in total. The number of hydrogen-bond donors (Lipinski definition) is 1. The minimum Gasteiger partial charge on any atom is -0.507 e. The molecule has 8 nitrogen and oxygen atoms in total. The maximum Gasteiger partial charge on any atom is 0.337 e. The van der Waals surface area contributed by atoms with E-state index in [2.05, 4.69) is 4.90 Å². The van der Waals surface area contributed by atoms with Crippen LogP contribution < -0.4 is 4.74 Å². The number of carbonyl (C=O) groups is 3. The van der Waals surface area contributed by atoms with Gasteiger partial charge < -0.3 is 24.4 Å². The Hall–Kier alpha value is -3.65. The molecule has 2 heterocycles. The number of esters is 1. The Morgan fingerprint density at radius 1 is 1.11 bits per heavy atom. The van der Waals surface area contributed by atoms with Gasteiger partial charge in [-0.05, 0) is 61.5 Å². The van der Waals surface area contributed by atoms with Gasteiger partial charge in [-0.3, -0.25) is 9.59 Å². The predicted octanol–water partition coefficient (Wildman–Crippen LogP) is 3.56. The molecule has 0 unspecified atom stereocenters. The Morgan fingerprint density at radius 3 is 2.42 bits per heavy atom. The van der Waals surface area contributed by atoms with Crippen LogP contribution in [-0.2, 0) is 20.7 Å². The molecule has 190 valence electrons. The van der Waals surface area contributed by atoms with Gasteiger partial charge in [0.1, 0.15) is 17.6 Å². The molecule has 4 rings (SSSR count). The van der Waals surface area contributed by atoms with Gasteiger partial charge in [0.2, 0.25) is 0 Å². The number of nitrogens with zero attached hydrogens (tertiary/aromatic N) is 2. The molecular formula is C28H32N2O6. The van der Waals surface area contributed by atoms with Crippen LogP contribution in [0, 0.1) is 0 Å². The first-order valence-corrected chi connectivity index (χ1v) is 12.3. The summed E-state index contributed by atoms with van der Waals surface area (Å²) in [5.74, 6) is -1.31. The number of benzene rings is 2. The Kier molecular flexibility index (Phi) is 7.45. The number of rotatable bonds is 8. The molecule has 1 fully saturated rings. The van der Waals surface area contributed by atoms with Crippen molar-refractivity contribution in [2.24, 2.45) is 0 Å². The summed E-state index contributed by atoms with van der Waals surface area (Å²) >= 11 is 0. The number of ether oxygens (including phenoxy) is 2. The molecule has 0 aliphatic carbocycles. The zero-order valence-electron chi connectivity index (χ0n) is 21.1. The number of aliphatic hydroxyl groups excluding tert-OH is 1. The Morgan fingerprint density at radius 2 is 1.78 bits per heavy atom. The minimum absolute atomic E-state index is 0.0383. The van der Waals surface area contributed by atoms with E-state index in [9.17, 15) is 19.5 Å². The summed E-state index contributed by atoms with van der Waals surface area (Å²) in [7, 11) is 1.31. The van der Waals surface area contributed by atoms with Gasteiger partial charge in [-0.15, -0.1) is 0 Å². The summed E-state index contributed by atoms with van der Waals surface area (Å²) in [6, 6.07) is 11.1. The second-order valence-corrected chi connectivity index (χ2v) is 9.09. The highest BCUT2D eigenvalue weighted by atomic mass is 16.5. The predicted molar refractivity (Wildman–Crippen MR) is 135 cm³/mol. The van der Waals surface area contributed by atoms with E-state index in [0.29, 0.717) is 36.2 Å². The van der Waals surface area contributed by atoms with Gasteiger partial charge in [0.15, 0.2) is 0 Å². The number of amides is 1. The molecule has 2 atom stereocenters. The minimum atomic E-state index is -0.782. The number of Topliss-reactive ketones (excluding diaryl/α,β-unsaturated/α-hetero) is 1. The molecule has 1 saturated heterocycles. The average Bonchev–Trinajstić information content (AvgIpc) is 3.39. The molecule has 36 heavy (non-hydrogen) atoms. The van der Waals surface area contributed by atoms with Crippen LogP contribution in [0.25, 0.3) is 5.76 Å². The van der Waals surface area contributed by atoms with Crippen LogP contribution >= 0.6 is 0 Å². The first-order valence-electron chi connectivity index (χ1n) is 12.3. The van der Waals surface area contributed by atoms with E-state index in [1.54, 1.807) is 36.4 Å². The van der Waals surface area contributed by atoms with Gasteiger partial charge in [-0.2, -0.15) is 0 Å². The topological polar surface area (TPSA) is 96.4 Å². The van der Waals surface area contributed by atoms with Crippen LogP contribution in [0.1, 0.15) is 53.9 Å². The summed E-state index contributed by atoms with van der Waals surface area (Å²) in [6.45, 7) is 8.59. The molecule has 0 aromatic heterocycles. The number of aliphatic hydroxyl groups is 1. The van der Waals surface area contributed by atoms with Gasteiger partial charge in [0.25, 0.3) is 11.7 Å². The smallest absolute Gasteiger partial charge is 0.337 e. The number of likely N-dealkylation sites (N-methyl/N-ethyl adjacent to an activating group) is 1. The van der Waals surface area contributed by atoms with Crippen molar-refractivity contribution in [3.63, 3.8) is 0 Å². The van der Waals surface area contributed by atoms with E-state index in [1.807, 2.05) is 26.8 Å². The van der Waals surface area contributed by atoms with Crippen molar-refractivity contribution in [2.45, 2.75) is 39.3 Å². The number of hydrogen-bond acceptors (Lipinski definition) is 7. The maximum absolute atomic E-state index is 13.3. The van der Waals surface area contributed by atoms with Crippen molar-refractivity contribution >= 4 is 23.4 Å². The standard InChI is InChI=1S/C28H32N2O6/c1-5-29(6-2)13-14-30-24(18-7-9-19(10-8-18)28(34)35-4)23(26(32)27(30)33)25(31)20-11-12-22-21(16-20)15-17(3)36-22/h7-12,16-17,24,31H,5-6,13-15H2,1-4H3/t17-,24-/m0/s1. The summed E-state index contributed by atoms with van der Waals surface area (Å²) in [4.78, 5) is 42.1. The Bertz CT molecular complexity index is 1200. The lowest BCUT2D eigenvalue weighted by Crippen LogP contribution is -2.38. The van der Waals surface area contributed by atoms with Gasteiger partial charge in [0.05, 0.1) is 24.3 Å². The van der Waals surface area contributed by atoms with Gasteiger partial charge >= 0.3 is 5.97 Å². The van der Waals surface area contributed by atoms with Crippen LogP contribution in [0.4, 0.5) is 0 Å². The zero-order chi connectivity index (χ0) is 26.0. The highest BCUT2D eigenvalue weighted by Crippen LogP contribution is 2.40. The van der Waals surface area contributed by atoms with Crippen LogP contribution in [-0.4, -0.2) is 72.0 Å². The molecule has 2 aromatic carbocycles. The van der Waals surface area contributed by atoms with Crippen molar-refractivity contribution in [3.05, 3.63) is 70.3 Å². The first-order chi connectivity index (χ1) is 17.3. The van der Waals surface area contributed by atoms with Gasteiger partial charge in [-0.25, -0.2) is 4.79 Å². The van der Waals surface area contributed by atoms with Gasteiger partial charge in [-0.1, -0.05) is 26.0 Å². The van der Waals surface area contributed by atoms with E-state index >= 15 is 0 Å². The van der Waals surface area contributed by atoms with Crippen LogP contribution in [0.5, 0.6) is 5.75 Å². The largest absolute Gasteiger partial charge is 0.507 e. The average molecular weight is 493 g/mol. The fraction of sp³-hybridized carbons (Fsp3) is 0.393.